The van der Waals surface area contributed by atoms with Crippen LogP contribution in [0.4, 0.5) is 0 Å². The standard InChI is InChI=1S/C21H26N2O6/c1-26-10-9-22-19(24)13-23-21(25)16-11-17(27-2)20(18(12-16)28-3)29-14-15-7-5-4-6-8-15/h4-8,11-12H,9-10,13-14H2,1-3H3,(H,22,24)(H,23,25). The van der Waals surface area contributed by atoms with E-state index in [1.165, 1.54) is 14.2 Å². The fourth-order valence-electron chi connectivity index (χ4n) is 2.50. The van der Waals surface area contributed by atoms with Crippen molar-refractivity contribution in [1.29, 1.82) is 0 Å². The number of hydrogen-bond acceptors (Lipinski definition) is 6. The quantitative estimate of drug-likeness (QED) is 0.557. The maximum Gasteiger partial charge on any atom is 0.251 e. The van der Waals surface area contributed by atoms with Gasteiger partial charge in [0.2, 0.25) is 11.7 Å². The molecule has 8 nitrogen and oxygen atoms in total. The predicted octanol–water partition coefficient (Wildman–Crippen LogP) is 1.78. The third-order valence-electron chi connectivity index (χ3n) is 3.99. The van der Waals surface area contributed by atoms with Crippen LogP contribution in [0.5, 0.6) is 17.2 Å². The molecule has 29 heavy (non-hydrogen) atoms. The van der Waals surface area contributed by atoms with E-state index >= 15 is 0 Å². The van der Waals surface area contributed by atoms with Crippen molar-refractivity contribution >= 4 is 11.8 Å². The number of ether oxygens (including phenoxy) is 4. The number of methoxy groups -OCH3 is 3. The summed E-state index contributed by atoms with van der Waals surface area (Å²) in [6.45, 7) is 0.943. The summed E-state index contributed by atoms with van der Waals surface area (Å²) in [5.41, 5.74) is 1.27. The Morgan fingerprint density at radius 3 is 2.17 bits per heavy atom. The molecule has 2 rings (SSSR count). The van der Waals surface area contributed by atoms with Crippen LogP contribution in [0.15, 0.2) is 42.5 Å². The predicted molar refractivity (Wildman–Crippen MR) is 108 cm³/mol. The van der Waals surface area contributed by atoms with Crippen molar-refractivity contribution in [2.45, 2.75) is 6.61 Å². The molecule has 2 aromatic rings. The summed E-state index contributed by atoms with van der Waals surface area (Å²) in [4.78, 5) is 24.2. The van der Waals surface area contributed by atoms with Gasteiger partial charge < -0.3 is 29.6 Å². The van der Waals surface area contributed by atoms with Gasteiger partial charge in [0.1, 0.15) is 6.61 Å². The van der Waals surface area contributed by atoms with Crippen molar-refractivity contribution in [3.8, 4) is 17.2 Å². The highest BCUT2D eigenvalue weighted by atomic mass is 16.5. The lowest BCUT2D eigenvalue weighted by molar-refractivity contribution is -0.120. The van der Waals surface area contributed by atoms with Gasteiger partial charge in [-0.3, -0.25) is 9.59 Å². The van der Waals surface area contributed by atoms with E-state index in [1.807, 2.05) is 30.3 Å². The molecule has 0 radical (unpaired) electrons. The van der Waals surface area contributed by atoms with Crippen LogP contribution < -0.4 is 24.8 Å². The zero-order chi connectivity index (χ0) is 21.1. The third-order valence-corrected chi connectivity index (χ3v) is 3.99. The molecule has 0 aliphatic heterocycles. The summed E-state index contributed by atoms with van der Waals surface area (Å²) in [7, 11) is 4.51. The minimum atomic E-state index is -0.432. The Morgan fingerprint density at radius 2 is 1.59 bits per heavy atom. The molecular weight excluding hydrogens is 376 g/mol. The van der Waals surface area contributed by atoms with Crippen LogP contribution in [-0.4, -0.2) is 52.8 Å². The van der Waals surface area contributed by atoms with Crippen LogP contribution in [-0.2, 0) is 16.1 Å². The first-order chi connectivity index (χ1) is 14.1. The Hall–Kier alpha value is -3.26. The molecule has 0 bridgehead atoms. The number of rotatable bonds is 11. The Labute approximate surface area is 170 Å². The second-order valence-corrected chi connectivity index (χ2v) is 6.01. The zero-order valence-corrected chi connectivity index (χ0v) is 16.8. The van der Waals surface area contributed by atoms with Gasteiger partial charge in [0.05, 0.1) is 27.4 Å². The molecule has 8 heteroatoms. The van der Waals surface area contributed by atoms with Crippen LogP contribution in [0.3, 0.4) is 0 Å². The molecule has 0 spiro atoms. The van der Waals surface area contributed by atoms with Gasteiger partial charge in [-0.1, -0.05) is 30.3 Å². The van der Waals surface area contributed by atoms with Crippen molar-refractivity contribution in [3.63, 3.8) is 0 Å². The van der Waals surface area contributed by atoms with E-state index in [2.05, 4.69) is 10.6 Å². The molecule has 0 saturated carbocycles. The van der Waals surface area contributed by atoms with Crippen LogP contribution in [0.2, 0.25) is 0 Å². The summed E-state index contributed by atoms with van der Waals surface area (Å²) >= 11 is 0. The van der Waals surface area contributed by atoms with Gasteiger partial charge in [-0.15, -0.1) is 0 Å². The largest absolute Gasteiger partial charge is 0.493 e. The molecule has 0 fully saturated rings. The number of nitrogens with one attached hydrogen (secondary N) is 2. The highest BCUT2D eigenvalue weighted by Gasteiger charge is 2.18. The number of carbonyl (C=O) groups is 2. The van der Waals surface area contributed by atoms with Crippen molar-refractivity contribution in [2.75, 3.05) is 41.0 Å². The fourth-order valence-corrected chi connectivity index (χ4v) is 2.50. The zero-order valence-electron chi connectivity index (χ0n) is 16.8. The first-order valence-corrected chi connectivity index (χ1v) is 9.05. The number of benzene rings is 2. The van der Waals surface area contributed by atoms with E-state index in [0.717, 1.165) is 5.56 Å². The maximum atomic E-state index is 12.4. The number of carbonyl (C=O) groups excluding carboxylic acids is 2. The summed E-state index contributed by atoms with van der Waals surface area (Å²) < 4.78 is 21.5. The van der Waals surface area contributed by atoms with Gasteiger partial charge in [0.25, 0.3) is 5.91 Å². The average molecular weight is 402 g/mol. The average Bonchev–Trinajstić information content (AvgIpc) is 2.76. The molecular formula is C21H26N2O6. The van der Waals surface area contributed by atoms with Crippen molar-refractivity contribution in [3.05, 3.63) is 53.6 Å². The van der Waals surface area contributed by atoms with E-state index in [0.29, 0.717) is 37.0 Å². The summed E-state index contributed by atoms with van der Waals surface area (Å²) in [6, 6.07) is 12.7. The molecule has 0 aromatic heterocycles. The van der Waals surface area contributed by atoms with Gasteiger partial charge in [-0.05, 0) is 17.7 Å². The van der Waals surface area contributed by atoms with E-state index in [9.17, 15) is 9.59 Å². The molecule has 0 aliphatic rings. The lowest BCUT2D eigenvalue weighted by Crippen LogP contribution is -2.38. The van der Waals surface area contributed by atoms with Gasteiger partial charge in [0, 0.05) is 19.2 Å². The van der Waals surface area contributed by atoms with Crippen LogP contribution in [0.1, 0.15) is 15.9 Å². The van der Waals surface area contributed by atoms with Gasteiger partial charge in [-0.25, -0.2) is 0 Å². The van der Waals surface area contributed by atoms with Gasteiger partial charge in [-0.2, -0.15) is 0 Å². The lowest BCUT2D eigenvalue weighted by atomic mass is 10.1. The van der Waals surface area contributed by atoms with Gasteiger partial charge in [0.15, 0.2) is 11.5 Å². The molecule has 0 heterocycles. The Bertz CT molecular complexity index is 785. The van der Waals surface area contributed by atoms with E-state index in [-0.39, 0.29) is 18.0 Å². The minimum Gasteiger partial charge on any atom is -0.493 e. The van der Waals surface area contributed by atoms with Crippen LogP contribution in [0, 0.1) is 0 Å². The molecule has 0 saturated heterocycles. The Kier molecular flexibility index (Phi) is 8.78. The first kappa shape index (κ1) is 22.0. The van der Waals surface area contributed by atoms with E-state index in [1.54, 1.807) is 19.2 Å². The van der Waals surface area contributed by atoms with Crippen LogP contribution in [0.25, 0.3) is 0 Å². The van der Waals surface area contributed by atoms with Crippen molar-refractivity contribution < 1.29 is 28.5 Å². The van der Waals surface area contributed by atoms with Crippen LogP contribution >= 0.6 is 0 Å². The summed E-state index contributed by atoms with van der Waals surface area (Å²) in [6.07, 6.45) is 0. The molecule has 2 aromatic carbocycles. The minimum absolute atomic E-state index is 0.153. The topological polar surface area (TPSA) is 95.1 Å². The van der Waals surface area contributed by atoms with Crippen molar-refractivity contribution in [1.82, 2.24) is 10.6 Å². The smallest absolute Gasteiger partial charge is 0.251 e. The van der Waals surface area contributed by atoms with Gasteiger partial charge >= 0.3 is 0 Å². The highest BCUT2D eigenvalue weighted by molar-refractivity contribution is 5.97. The molecule has 0 unspecified atom stereocenters. The SMILES string of the molecule is COCCNC(=O)CNC(=O)c1cc(OC)c(OCc2ccccc2)c(OC)c1. The number of hydrogen-bond donors (Lipinski definition) is 2. The molecule has 2 amide bonds. The summed E-state index contributed by atoms with van der Waals surface area (Å²) in [5.74, 6) is 0.368. The maximum absolute atomic E-state index is 12.4. The Balaban J connectivity index is 2.07. The van der Waals surface area contributed by atoms with Crippen molar-refractivity contribution in [2.24, 2.45) is 0 Å². The third kappa shape index (κ3) is 6.69. The fraction of sp³-hybridized carbons (Fsp3) is 0.333. The lowest BCUT2D eigenvalue weighted by Gasteiger charge is -2.16. The second kappa shape index (κ2) is 11.6. The highest BCUT2D eigenvalue weighted by Crippen LogP contribution is 2.39. The summed E-state index contributed by atoms with van der Waals surface area (Å²) in [5, 5.41) is 5.19. The molecule has 0 aliphatic carbocycles. The van der Waals surface area contributed by atoms with E-state index in [4.69, 9.17) is 18.9 Å². The second-order valence-electron chi connectivity index (χ2n) is 6.01. The number of amides is 2. The molecule has 0 atom stereocenters. The monoisotopic (exact) mass is 402 g/mol. The molecule has 156 valence electrons. The normalized spacial score (nSPS) is 10.2. The Morgan fingerprint density at radius 1 is 0.931 bits per heavy atom. The first-order valence-electron chi connectivity index (χ1n) is 9.05. The molecule has 2 N–H and O–H groups in total. The van der Waals surface area contributed by atoms with E-state index < -0.39 is 5.91 Å².